The Morgan fingerprint density at radius 1 is 1.00 bits per heavy atom. The highest BCUT2D eigenvalue weighted by Gasteiger charge is 2.10. The van der Waals surface area contributed by atoms with Crippen molar-refractivity contribution < 1.29 is 8.91 Å². The monoisotopic (exact) mass is 307 g/mol. The first-order valence-electron chi connectivity index (χ1n) is 7.43. The predicted molar refractivity (Wildman–Crippen MR) is 85.4 cm³/mol. The lowest BCUT2D eigenvalue weighted by atomic mass is 10.1. The molecule has 0 atom stereocenters. The molecule has 4 aromatic rings. The second kappa shape index (κ2) is 5.68. The third kappa shape index (κ3) is 2.73. The molecule has 0 fully saturated rings. The third-order valence-electron chi connectivity index (χ3n) is 3.85. The molecule has 0 unspecified atom stereocenters. The molecule has 4 rings (SSSR count). The van der Waals surface area contributed by atoms with Gasteiger partial charge in [0.1, 0.15) is 5.82 Å². The highest BCUT2D eigenvalue weighted by atomic mass is 19.1. The minimum Gasteiger partial charge on any atom is -0.361 e. The summed E-state index contributed by atoms with van der Waals surface area (Å²) < 4.78 is 18.2. The van der Waals surface area contributed by atoms with Crippen LogP contribution in [0.3, 0.4) is 0 Å². The van der Waals surface area contributed by atoms with Crippen molar-refractivity contribution >= 4 is 10.9 Å². The Balaban J connectivity index is 1.51. The van der Waals surface area contributed by atoms with Gasteiger partial charge < -0.3 is 9.51 Å². The smallest absolute Gasteiger partial charge is 0.227 e. The van der Waals surface area contributed by atoms with Gasteiger partial charge in [-0.1, -0.05) is 23.4 Å². The lowest BCUT2D eigenvalue weighted by Crippen LogP contribution is -1.91. The average Bonchev–Trinajstić information content (AvgIpc) is 3.20. The zero-order valence-electron chi connectivity index (χ0n) is 12.3. The molecule has 0 amide bonds. The Hall–Kier alpha value is -2.95. The van der Waals surface area contributed by atoms with Gasteiger partial charge in [0, 0.05) is 29.1 Å². The van der Waals surface area contributed by atoms with Crippen LogP contribution in [0.15, 0.2) is 59.3 Å². The topological polar surface area (TPSA) is 54.7 Å². The Bertz CT molecular complexity index is 940. The van der Waals surface area contributed by atoms with E-state index in [4.69, 9.17) is 4.52 Å². The lowest BCUT2D eigenvalue weighted by molar-refractivity contribution is 0.379. The van der Waals surface area contributed by atoms with Crippen molar-refractivity contribution in [3.63, 3.8) is 0 Å². The van der Waals surface area contributed by atoms with Crippen LogP contribution in [0.1, 0.15) is 11.5 Å². The number of fused-ring (bicyclic) bond motifs is 1. The summed E-state index contributed by atoms with van der Waals surface area (Å²) in [4.78, 5) is 7.64. The maximum Gasteiger partial charge on any atom is 0.227 e. The van der Waals surface area contributed by atoms with Gasteiger partial charge in [-0.05, 0) is 42.3 Å². The number of halogens is 1. The van der Waals surface area contributed by atoms with Crippen molar-refractivity contribution in [1.29, 1.82) is 0 Å². The number of rotatable bonds is 4. The van der Waals surface area contributed by atoms with Crippen molar-refractivity contribution in [3.05, 3.63) is 72.0 Å². The van der Waals surface area contributed by atoms with Gasteiger partial charge >= 0.3 is 0 Å². The molecule has 0 radical (unpaired) electrons. The first-order valence-corrected chi connectivity index (χ1v) is 7.43. The molecule has 2 aromatic heterocycles. The van der Waals surface area contributed by atoms with E-state index in [1.165, 1.54) is 23.1 Å². The SMILES string of the molecule is Fc1ccc(-c2noc(CCc3c[nH]c4ccccc34)n2)cc1. The van der Waals surface area contributed by atoms with Crippen LogP contribution >= 0.6 is 0 Å². The summed E-state index contributed by atoms with van der Waals surface area (Å²) in [5.74, 6) is 0.783. The van der Waals surface area contributed by atoms with Gasteiger partial charge in [-0.15, -0.1) is 0 Å². The van der Waals surface area contributed by atoms with E-state index in [-0.39, 0.29) is 5.82 Å². The normalized spacial score (nSPS) is 11.2. The lowest BCUT2D eigenvalue weighted by Gasteiger charge is -1.96. The van der Waals surface area contributed by atoms with Gasteiger partial charge in [-0.2, -0.15) is 4.98 Å². The Labute approximate surface area is 132 Å². The van der Waals surface area contributed by atoms with Crippen LogP contribution in [0.5, 0.6) is 0 Å². The van der Waals surface area contributed by atoms with Gasteiger partial charge in [0.05, 0.1) is 0 Å². The van der Waals surface area contributed by atoms with Gasteiger partial charge in [0.2, 0.25) is 11.7 Å². The third-order valence-corrected chi connectivity index (χ3v) is 3.85. The molecule has 0 aliphatic heterocycles. The number of para-hydroxylation sites is 1. The number of aromatic nitrogens is 3. The fourth-order valence-corrected chi connectivity index (χ4v) is 2.65. The summed E-state index contributed by atoms with van der Waals surface area (Å²) in [5.41, 5.74) is 3.09. The van der Waals surface area contributed by atoms with E-state index in [1.807, 2.05) is 18.3 Å². The Kier molecular flexibility index (Phi) is 3.38. The van der Waals surface area contributed by atoms with Crippen LogP contribution in [0, 0.1) is 5.82 Å². The maximum absolute atomic E-state index is 12.9. The molecular formula is C18H14FN3O. The molecule has 4 nitrogen and oxygen atoms in total. The van der Waals surface area contributed by atoms with E-state index >= 15 is 0 Å². The largest absolute Gasteiger partial charge is 0.361 e. The zero-order valence-corrected chi connectivity index (χ0v) is 12.3. The van der Waals surface area contributed by atoms with Crippen molar-refractivity contribution in [2.24, 2.45) is 0 Å². The molecule has 1 N–H and O–H groups in total. The number of nitrogens with zero attached hydrogens (tertiary/aromatic N) is 2. The number of hydrogen-bond acceptors (Lipinski definition) is 3. The predicted octanol–water partition coefficient (Wildman–Crippen LogP) is 4.14. The molecule has 114 valence electrons. The first-order chi connectivity index (χ1) is 11.3. The van der Waals surface area contributed by atoms with Crippen LogP contribution in [0.2, 0.25) is 0 Å². The molecule has 0 bridgehead atoms. The fourth-order valence-electron chi connectivity index (χ4n) is 2.65. The van der Waals surface area contributed by atoms with E-state index in [2.05, 4.69) is 27.3 Å². The molecular weight excluding hydrogens is 293 g/mol. The minimum atomic E-state index is -0.281. The maximum atomic E-state index is 12.9. The number of aryl methyl sites for hydroxylation is 2. The second-order valence-corrected chi connectivity index (χ2v) is 5.38. The first kappa shape index (κ1) is 13.7. The summed E-state index contributed by atoms with van der Waals surface area (Å²) >= 11 is 0. The van der Waals surface area contributed by atoms with Crippen molar-refractivity contribution in [3.8, 4) is 11.4 Å². The highest BCUT2D eigenvalue weighted by Crippen LogP contribution is 2.20. The zero-order chi connectivity index (χ0) is 15.6. The summed E-state index contributed by atoms with van der Waals surface area (Å²) in [5, 5.41) is 5.18. The van der Waals surface area contributed by atoms with Crippen LogP contribution in [-0.2, 0) is 12.8 Å². The van der Waals surface area contributed by atoms with Crippen LogP contribution in [-0.4, -0.2) is 15.1 Å². The van der Waals surface area contributed by atoms with E-state index in [9.17, 15) is 4.39 Å². The Morgan fingerprint density at radius 3 is 2.70 bits per heavy atom. The molecule has 2 heterocycles. The average molecular weight is 307 g/mol. The van der Waals surface area contributed by atoms with Crippen LogP contribution in [0.25, 0.3) is 22.3 Å². The Morgan fingerprint density at radius 2 is 1.83 bits per heavy atom. The molecule has 0 aliphatic rings. The number of nitrogens with one attached hydrogen (secondary N) is 1. The summed E-state index contributed by atoms with van der Waals surface area (Å²) in [6, 6.07) is 14.2. The molecule has 2 aromatic carbocycles. The van der Waals surface area contributed by atoms with E-state index < -0.39 is 0 Å². The van der Waals surface area contributed by atoms with Crippen molar-refractivity contribution in [2.45, 2.75) is 12.8 Å². The van der Waals surface area contributed by atoms with Gasteiger partial charge in [-0.25, -0.2) is 4.39 Å². The van der Waals surface area contributed by atoms with Crippen LogP contribution in [0.4, 0.5) is 4.39 Å². The quantitative estimate of drug-likeness (QED) is 0.616. The van der Waals surface area contributed by atoms with Crippen molar-refractivity contribution in [1.82, 2.24) is 15.1 Å². The number of aromatic amines is 1. The van der Waals surface area contributed by atoms with E-state index in [1.54, 1.807) is 12.1 Å². The fraction of sp³-hybridized carbons (Fsp3) is 0.111. The molecule has 0 spiro atoms. The number of H-pyrrole nitrogens is 1. The summed E-state index contributed by atoms with van der Waals surface area (Å²) in [7, 11) is 0. The molecule has 5 heteroatoms. The van der Waals surface area contributed by atoms with Gasteiger partial charge in [-0.3, -0.25) is 0 Å². The number of benzene rings is 2. The van der Waals surface area contributed by atoms with Crippen molar-refractivity contribution in [2.75, 3.05) is 0 Å². The second-order valence-electron chi connectivity index (χ2n) is 5.38. The molecule has 0 saturated heterocycles. The molecule has 0 aliphatic carbocycles. The summed E-state index contributed by atoms with van der Waals surface area (Å²) in [6.07, 6.45) is 3.49. The summed E-state index contributed by atoms with van der Waals surface area (Å²) in [6.45, 7) is 0. The highest BCUT2D eigenvalue weighted by molar-refractivity contribution is 5.83. The molecule has 0 saturated carbocycles. The van der Waals surface area contributed by atoms with E-state index in [0.29, 0.717) is 18.1 Å². The standard InChI is InChI=1S/C18H14FN3O/c19-14-8-5-12(6-9-14)18-21-17(23-22-18)10-7-13-11-20-16-4-2-1-3-15(13)16/h1-6,8-9,11,20H,7,10H2. The molecule has 23 heavy (non-hydrogen) atoms. The number of hydrogen-bond donors (Lipinski definition) is 1. The van der Waals surface area contributed by atoms with Crippen LogP contribution < -0.4 is 0 Å². The van der Waals surface area contributed by atoms with E-state index in [0.717, 1.165) is 17.5 Å². The van der Waals surface area contributed by atoms with Gasteiger partial charge in [0.15, 0.2) is 0 Å². The van der Waals surface area contributed by atoms with Gasteiger partial charge in [0.25, 0.3) is 0 Å². The minimum absolute atomic E-state index is 0.281.